The van der Waals surface area contributed by atoms with Crippen LogP contribution < -0.4 is 0 Å². The fraction of sp³-hybridized carbons (Fsp3) is 0.917. The predicted molar refractivity (Wildman–Crippen MR) is 60.6 cm³/mol. The van der Waals surface area contributed by atoms with Gasteiger partial charge in [0.25, 0.3) is 0 Å². The lowest BCUT2D eigenvalue weighted by Gasteiger charge is -2.29. The first kappa shape index (κ1) is 14.4. The molecule has 0 bridgehead atoms. The largest absolute Gasteiger partial charge is 0.458 e. The number of hydrogen-bond acceptors (Lipinski definition) is 3. The third kappa shape index (κ3) is 5.17. The zero-order valence-corrected chi connectivity index (χ0v) is 10.6. The van der Waals surface area contributed by atoms with Crippen molar-refractivity contribution >= 4 is 5.97 Å². The number of esters is 1. The smallest absolute Gasteiger partial charge is 0.338 e. The lowest BCUT2D eigenvalue weighted by atomic mass is 9.94. The van der Waals surface area contributed by atoms with E-state index in [0.717, 1.165) is 12.8 Å². The first-order valence-corrected chi connectivity index (χ1v) is 5.71. The van der Waals surface area contributed by atoms with Crippen molar-refractivity contribution in [1.82, 2.24) is 0 Å². The minimum Gasteiger partial charge on any atom is -0.458 e. The second-order valence-electron chi connectivity index (χ2n) is 4.99. The zero-order chi connectivity index (χ0) is 12.1. The molecule has 0 heterocycles. The predicted octanol–water partition coefficient (Wildman–Crippen LogP) is 2.66. The maximum absolute atomic E-state index is 11.7. The number of ether oxygens (including phenoxy) is 1. The summed E-state index contributed by atoms with van der Waals surface area (Å²) in [6.45, 7) is 9.26. The third-order valence-electron chi connectivity index (χ3n) is 2.31. The molecule has 3 nitrogen and oxygen atoms in total. The second kappa shape index (κ2) is 5.50. The number of unbranched alkanes of at least 4 members (excludes halogenated alkanes) is 1. The van der Waals surface area contributed by atoms with E-state index in [1.807, 2.05) is 6.92 Å². The summed E-state index contributed by atoms with van der Waals surface area (Å²) >= 11 is 0. The second-order valence-corrected chi connectivity index (χ2v) is 4.99. The minimum atomic E-state index is -1.30. The summed E-state index contributed by atoms with van der Waals surface area (Å²) in [7, 11) is 0. The Kier molecular flexibility index (Phi) is 5.29. The van der Waals surface area contributed by atoms with Crippen LogP contribution in [-0.4, -0.2) is 22.3 Å². The molecule has 0 rings (SSSR count). The first-order valence-electron chi connectivity index (χ1n) is 5.71. The van der Waals surface area contributed by atoms with E-state index in [1.54, 1.807) is 27.7 Å². The van der Waals surface area contributed by atoms with Gasteiger partial charge in [0.2, 0.25) is 0 Å². The number of rotatable bonds is 5. The minimum absolute atomic E-state index is 0.405. The maximum atomic E-state index is 11.7. The van der Waals surface area contributed by atoms with Crippen molar-refractivity contribution in [2.24, 2.45) is 0 Å². The van der Waals surface area contributed by atoms with E-state index in [2.05, 4.69) is 0 Å². The molecule has 0 aliphatic rings. The Balaban J connectivity index is 4.44. The third-order valence-corrected chi connectivity index (χ3v) is 2.31. The van der Waals surface area contributed by atoms with Crippen molar-refractivity contribution in [3.8, 4) is 0 Å². The van der Waals surface area contributed by atoms with Crippen LogP contribution in [0.5, 0.6) is 0 Å². The summed E-state index contributed by atoms with van der Waals surface area (Å²) < 4.78 is 5.20. The topological polar surface area (TPSA) is 46.5 Å². The molecule has 1 N–H and O–H groups in total. The number of aliphatic hydroxyl groups is 1. The van der Waals surface area contributed by atoms with Crippen LogP contribution in [0.15, 0.2) is 0 Å². The highest BCUT2D eigenvalue weighted by Crippen LogP contribution is 2.23. The molecule has 90 valence electrons. The molecule has 0 radical (unpaired) electrons. The standard InChI is InChI=1S/C12H24O3/c1-6-8-9-12(14,7-2)10(13)15-11(3,4)5/h14H,6-9H2,1-5H3. The van der Waals surface area contributed by atoms with Crippen LogP contribution in [0.3, 0.4) is 0 Å². The molecule has 1 unspecified atom stereocenters. The van der Waals surface area contributed by atoms with Gasteiger partial charge >= 0.3 is 5.97 Å². The Bertz CT molecular complexity index is 205. The molecule has 0 saturated heterocycles. The number of carbonyl (C=O) groups is 1. The van der Waals surface area contributed by atoms with Gasteiger partial charge in [0.05, 0.1) is 0 Å². The van der Waals surface area contributed by atoms with E-state index in [1.165, 1.54) is 0 Å². The van der Waals surface area contributed by atoms with E-state index >= 15 is 0 Å². The van der Waals surface area contributed by atoms with Gasteiger partial charge < -0.3 is 9.84 Å². The average Bonchev–Trinajstić information content (AvgIpc) is 2.11. The van der Waals surface area contributed by atoms with Crippen LogP contribution in [0.4, 0.5) is 0 Å². The highest BCUT2D eigenvalue weighted by atomic mass is 16.6. The van der Waals surface area contributed by atoms with Crippen molar-refractivity contribution in [1.29, 1.82) is 0 Å². The van der Waals surface area contributed by atoms with Gasteiger partial charge in [-0.15, -0.1) is 0 Å². The summed E-state index contributed by atoms with van der Waals surface area (Å²) in [5.41, 5.74) is -1.84. The quantitative estimate of drug-likeness (QED) is 0.719. The van der Waals surface area contributed by atoms with Gasteiger partial charge in [-0.2, -0.15) is 0 Å². The van der Waals surface area contributed by atoms with Crippen LogP contribution in [0.1, 0.15) is 60.3 Å². The van der Waals surface area contributed by atoms with E-state index in [9.17, 15) is 9.90 Å². The van der Waals surface area contributed by atoms with Gasteiger partial charge in [-0.05, 0) is 33.6 Å². The number of hydrogen-bond donors (Lipinski definition) is 1. The lowest BCUT2D eigenvalue weighted by molar-refractivity contribution is -0.178. The van der Waals surface area contributed by atoms with Crippen LogP contribution >= 0.6 is 0 Å². The summed E-state index contributed by atoms with van der Waals surface area (Å²) in [5.74, 6) is -0.494. The molecule has 0 aromatic heterocycles. The van der Waals surface area contributed by atoms with Crippen LogP contribution in [-0.2, 0) is 9.53 Å². The van der Waals surface area contributed by atoms with E-state index < -0.39 is 17.2 Å². The molecule has 0 aromatic carbocycles. The Morgan fingerprint density at radius 2 is 1.80 bits per heavy atom. The number of carbonyl (C=O) groups excluding carboxylic acids is 1. The highest BCUT2D eigenvalue weighted by molar-refractivity contribution is 5.79. The van der Waals surface area contributed by atoms with Crippen LogP contribution in [0.2, 0.25) is 0 Å². The van der Waals surface area contributed by atoms with Gasteiger partial charge in [-0.1, -0.05) is 26.7 Å². The van der Waals surface area contributed by atoms with Gasteiger partial charge in [0, 0.05) is 0 Å². The molecular formula is C12H24O3. The Morgan fingerprint density at radius 3 is 2.13 bits per heavy atom. The van der Waals surface area contributed by atoms with Crippen molar-refractivity contribution in [2.75, 3.05) is 0 Å². The molecule has 0 aliphatic heterocycles. The van der Waals surface area contributed by atoms with Crippen molar-refractivity contribution in [3.63, 3.8) is 0 Å². The normalized spacial score (nSPS) is 15.9. The Hall–Kier alpha value is -0.570. The Morgan fingerprint density at radius 1 is 1.27 bits per heavy atom. The average molecular weight is 216 g/mol. The van der Waals surface area contributed by atoms with E-state index in [0.29, 0.717) is 12.8 Å². The van der Waals surface area contributed by atoms with Gasteiger partial charge in [0.15, 0.2) is 5.60 Å². The first-order chi connectivity index (χ1) is 6.75. The van der Waals surface area contributed by atoms with Gasteiger partial charge in [0.1, 0.15) is 5.60 Å². The molecular weight excluding hydrogens is 192 g/mol. The molecule has 0 fully saturated rings. The lowest BCUT2D eigenvalue weighted by Crippen LogP contribution is -2.43. The van der Waals surface area contributed by atoms with Gasteiger partial charge in [-0.25, -0.2) is 4.79 Å². The summed E-state index contributed by atoms with van der Waals surface area (Å²) in [6.07, 6.45) is 2.69. The van der Waals surface area contributed by atoms with E-state index in [-0.39, 0.29) is 0 Å². The summed E-state index contributed by atoms with van der Waals surface area (Å²) in [6, 6.07) is 0. The molecule has 1 atom stereocenters. The van der Waals surface area contributed by atoms with Crippen LogP contribution in [0.25, 0.3) is 0 Å². The van der Waals surface area contributed by atoms with Gasteiger partial charge in [-0.3, -0.25) is 0 Å². The Labute approximate surface area is 92.8 Å². The molecule has 0 aliphatic carbocycles. The van der Waals surface area contributed by atoms with Crippen LogP contribution in [0, 0.1) is 0 Å². The molecule has 15 heavy (non-hydrogen) atoms. The zero-order valence-electron chi connectivity index (χ0n) is 10.6. The fourth-order valence-corrected chi connectivity index (χ4v) is 1.27. The molecule has 0 amide bonds. The van der Waals surface area contributed by atoms with Crippen molar-refractivity contribution in [3.05, 3.63) is 0 Å². The summed E-state index contributed by atoms with van der Waals surface area (Å²) in [5, 5.41) is 10.1. The molecule has 0 aromatic rings. The highest BCUT2D eigenvalue weighted by Gasteiger charge is 2.37. The monoisotopic (exact) mass is 216 g/mol. The molecule has 0 spiro atoms. The molecule has 3 heteroatoms. The molecule has 0 saturated carbocycles. The SMILES string of the molecule is CCCCC(O)(CC)C(=O)OC(C)(C)C. The van der Waals surface area contributed by atoms with E-state index in [4.69, 9.17) is 4.74 Å². The van der Waals surface area contributed by atoms with Crippen molar-refractivity contribution < 1.29 is 14.6 Å². The van der Waals surface area contributed by atoms with Crippen molar-refractivity contribution in [2.45, 2.75) is 71.5 Å². The maximum Gasteiger partial charge on any atom is 0.338 e. The summed E-state index contributed by atoms with van der Waals surface area (Å²) in [4.78, 5) is 11.7. The fourth-order valence-electron chi connectivity index (χ4n) is 1.27.